The Balaban J connectivity index is 1.59. The molecule has 5 nitrogen and oxygen atoms in total. The van der Waals surface area contributed by atoms with Gasteiger partial charge in [0.25, 0.3) is 0 Å². The Kier molecular flexibility index (Phi) is 5.24. The van der Waals surface area contributed by atoms with E-state index in [1.807, 2.05) is 24.3 Å². The summed E-state index contributed by atoms with van der Waals surface area (Å²) in [6, 6.07) is 14.6. The van der Waals surface area contributed by atoms with Gasteiger partial charge in [-0.25, -0.2) is 0 Å². The summed E-state index contributed by atoms with van der Waals surface area (Å²) < 4.78 is 5.17. The van der Waals surface area contributed by atoms with E-state index < -0.39 is 0 Å². The molecule has 2 aromatic rings. The largest absolute Gasteiger partial charge is 0.497 e. The van der Waals surface area contributed by atoms with Crippen molar-refractivity contribution in [3.63, 3.8) is 0 Å². The number of methoxy groups -OCH3 is 1. The van der Waals surface area contributed by atoms with Crippen molar-refractivity contribution >= 4 is 29.1 Å². The summed E-state index contributed by atoms with van der Waals surface area (Å²) >= 11 is 5.88. The minimum absolute atomic E-state index is 0.0520. The Morgan fingerprint density at radius 3 is 2.76 bits per heavy atom. The highest BCUT2D eigenvalue weighted by atomic mass is 35.5. The van der Waals surface area contributed by atoms with E-state index in [0.29, 0.717) is 18.1 Å². The first kappa shape index (κ1) is 17.3. The van der Waals surface area contributed by atoms with Crippen molar-refractivity contribution in [3.05, 3.63) is 59.1 Å². The number of hydrogen-bond donors (Lipinski definition) is 1. The lowest BCUT2D eigenvalue weighted by atomic mass is 10.1. The average molecular weight is 359 g/mol. The molecule has 1 fully saturated rings. The highest BCUT2D eigenvalue weighted by Gasteiger charge is 2.34. The molecule has 0 aliphatic carbocycles. The number of benzene rings is 2. The number of ether oxygens (including phenoxy) is 1. The van der Waals surface area contributed by atoms with Crippen LogP contribution in [-0.4, -0.2) is 25.5 Å². The number of carbonyl (C=O) groups is 2. The van der Waals surface area contributed by atoms with Gasteiger partial charge >= 0.3 is 0 Å². The lowest BCUT2D eigenvalue weighted by Gasteiger charge is -2.16. The quantitative estimate of drug-likeness (QED) is 0.893. The molecule has 6 heteroatoms. The van der Waals surface area contributed by atoms with Crippen LogP contribution in [-0.2, 0) is 16.1 Å². The van der Waals surface area contributed by atoms with E-state index in [1.165, 1.54) is 0 Å². The SMILES string of the molecule is COc1cccc(CNC(=O)[C@@H]2CC(=O)N(c3ccc(Cl)cc3)C2)c1. The van der Waals surface area contributed by atoms with Crippen molar-refractivity contribution in [1.82, 2.24) is 5.32 Å². The minimum atomic E-state index is -0.353. The standard InChI is InChI=1S/C19H19ClN2O3/c1-25-17-4-2-3-13(9-17)11-21-19(24)14-10-18(23)22(12-14)16-7-5-15(20)6-8-16/h2-9,14H,10-12H2,1H3,(H,21,24)/t14-/m1/s1. The third-order valence-corrected chi connectivity index (χ3v) is 4.49. The molecule has 25 heavy (non-hydrogen) atoms. The molecule has 1 N–H and O–H groups in total. The zero-order valence-electron chi connectivity index (χ0n) is 13.9. The van der Waals surface area contributed by atoms with Gasteiger partial charge < -0.3 is 15.0 Å². The summed E-state index contributed by atoms with van der Waals surface area (Å²) in [6.45, 7) is 0.784. The van der Waals surface area contributed by atoms with Crippen LogP contribution < -0.4 is 15.0 Å². The van der Waals surface area contributed by atoms with E-state index >= 15 is 0 Å². The predicted octanol–water partition coefficient (Wildman–Crippen LogP) is 3.02. The van der Waals surface area contributed by atoms with Gasteiger partial charge in [-0.1, -0.05) is 23.7 Å². The zero-order chi connectivity index (χ0) is 17.8. The highest BCUT2D eigenvalue weighted by molar-refractivity contribution is 6.30. The van der Waals surface area contributed by atoms with Crippen LogP contribution in [0.4, 0.5) is 5.69 Å². The summed E-state index contributed by atoms with van der Waals surface area (Å²) in [7, 11) is 1.60. The molecule has 0 aromatic heterocycles. The Bertz CT molecular complexity index is 776. The molecule has 0 spiro atoms. The van der Waals surface area contributed by atoms with Crippen molar-refractivity contribution in [2.45, 2.75) is 13.0 Å². The first-order valence-corrected chi connectivity index (χ1v) is 8.41. The second-order valence-corrected chi connectivity index (χ2v) is 6.39. The van der Waals surface area contributed by atoms with E-state index in [0.717, 1.165) is 17.0 Å². The van der Waals surface area contributed by atoms with Crippen LogP contribution in [0.25, 0.3) is 0 Å². The Morgan fingerprint density at radius 2 is 2.04 bits per heavy atom. The monoisotopic (exact) mass is 358 g/mol. The van der Waals surface area contributed by atoms with E-state index in [1.54, 1.807) is 36.3 Å². The molecular weight excluding hydrogens is 340 g/mol. The summed E-state index contributed by atoms with van der Waals surface area (Å²) in [5.41, 5.74) is 1.71. The maximum absolute atomic E-state index is 12.4. The van der Waals surface area contributed by atoms with Crippen LogP contribution >= 0.6 is 11.6 Å². The first-order valence-electron chi connectivity index (χ1n) is 8.03. The molecule has 1 atom stereocenters. The average Bonchev–Trinajstić information content (AvgIpc) is 3.02. The topological polar surface area (TPSA) is 58.6 Å². The van der Waals surface area contributed by atoms with Crippen LogP contribution in [0.15, 0.2) is 48.5 Å². The summed E-state index contributed by atoms with van der Waals surface area (Å²) in [5.74, 6) is 0.224. The van der Waals surface area contributed by atoms with E-state index in [-0.39, 0.29) is 24.2 Å². The van der Waals surface area contributed by atoms with Crippen LogP contribution in [0.3, 0.4) is 0 Å². The number of halogens is 1. The fraction of sp³-hybridized carbons (Fsp3) is 0.263. The highest BCUT2D eigenvalue weighted by Crippen LogP contribution is 2.26. The second kappa shape index (κ2) is 7.57. The smallest absolute Gasteiger partial charge is 0.227 e. The molecule has 3 rings (SSSR count). The molecule has 1 saturated heterocycles. The molecule has 0 bridgehead atoms. The number of nitrogens with one attached hydrogen (secondary N) is 1. The number of nitrogens with zero attached hydrogens (tertiary/aromatic N) is 1. The minimum Gasteiger partial charge on any atom is -0.497 e. The predicted molar refractivity (Wildman–Crippen MR) is 96.8 cm³/mol. The number of amides is 2. The van der Waals surface area contributed by atoms with Crippen LogP contribution in [0.2, 0.25) is 5.02 Å². The Hall–Kier alpha value is -2.53. The normalized spacial score (nSPS) is 16.8. The van der Waals surface area contributed by atoms with Crippen molar-refractivity contribution in [1.29, 1.82) is 0 Å². The maximum atomic E-state index is 12.4. The van der Waals surface area contributed by atoms with Gasteiger partial charge in [-0.15, -0.1) is 0 Å². The molecule has 2 amide bonds. The molecule has 0 unspecified atom stereocenters. The van der Waals surface area contributed by atoms with Gasteiger partial charge in [0, 0.05) is 30.2 Å². The molecule has 130 valence electrons. The number of rotatable bonds is 5. The van der Waals surface area contributed by atoms with Crippen molar-refractivity contribution in [2.24, 2.45) is 5.92 Å². The van der Waals surface area contributed by atoms with Gasteiger partial charge in [-0.3, -0.25) is 9.59 Å². The van der Waals surface area contributed by atoms with Gasteiger partial charge in [-0.2, -0.15) is 0 Å². The maximum Gasteiger partial charge on any atom is 0.227 e. The Morgan fingerprint density at radius 1 is 1.28 bits per heavy atom. The second-order valence-electron chi connectivity index (χ2n) is 5.95. The molecule has 0 radical (unpaired) electrons. The van der Waals surface area contributed by atoms with Gasteiger partial charge in [0.2, 0.25) is 11.8 Å². The van der Waals surface area contributed by atoms with Gasteiger partial charge in [-0.05, 0) is 42.0 Å². The van der Waals surface area contributed by atoms with E-state index in [9.17, 15) is 9.59 Å². The van der Waals surface area contributed by atoms with Gasteiger partial charge in [0.05, 0.1) is 13.0 Å². The molecule has 2 aromatic carbocycles. The lowest BCUT2D eigenvalue weighted by molar-refractivity contribution is -0.126. The fourth-order valence-electron chi connectivity index (χ4n) is 2.87. The van der Waals surface area contributed by atoms with Crippen molar-refractivity contribution in [2.75, 3.05) is 18.6 Å². The van der Waals surface area contributed by atoms with Crippen LogP contribution in [0.5, 0.6) is 5.75 Å². The Labute approximate surface area is 151 Å². The molecule has 1 aliphatic rings. The third kappa shape index (κ3) is 4.12. The first-order chi connectivity index (χ1) is 12.1. The molecule has 1 aliphatic heterocycles. The molecule has 0 saturated carbocycles. The van der Waals surface area contributed by atoms with Gasteiger partial charge in [0.15, 0.2) is 0 Å². The molecular formula is C19H19ClN2O3. The summed E-state index contributed by atoms with van der Waals surface area (Å²) in [4.78, 5) is 26.3. The zero-order valence-corrected chi connectivity index (χ0v) is 14.6. The van der Waals surface area contributed by atoms with E-state index in [4.69, 9.17) is 16.3 Å². The van der Waals surface area contributed by atoms with Gasteiger partial charge in [0.1, 0.15) is 5.75 Å². The number of anilines is 1. The summed E-state index contributed by atoms with van der Waals surface area (Å²) in [5, 5.41) is 3.51. The van der Waals surface area contributed by atoms with Crippen LogP contribution in [0, 0.1) is 5.92 Å². The van der Waals surface area contributed by atoms with E-state index in [2.05, 4.69) is 5.32 Å². The number of hydrogen-bond acceptors (Lipinski definition) is 3. The number of carbonyl (C=O) groups excluding carboxylic acids is 2. The lowest BCUT2D eigenvalue weighted by Crippen LogP contribution is -2.32. The van der Waals surface area contributed by atoms with Crippen LogP contribution in [0.1, 0.15) is 12.0 Å². The molecule has 1 heterocycles. The fourth-order valence-corrected chi connectivity index (χ4v) is 3.00. The summed E-state index contributed by atoms with van der Waals surface area (Å²) in [6.07, 6.45) is 0.215. The van der Waals surface area contributed by atoms with Crippen molar-refractivity contribution in [3.8, 4) is 5.75 Å². The van der Waals surface area contributed by atoms with Crippen molar-refractivity contribution < 1.29 is 14.3 Å². The third-order valence-electron chi connectivity index (χ3n) is 4.24.